The van der Waals surface area contributed by atoms with Gasteiger partial charge in [0.05, 0.1) is 35.0 Å². The van der Waals surface area contributed by atoms with Gasteiger partial charge in [-0.15, -0.1) is 0 Å². The molecule has 0 bridgehead atoms. The van der Waals surface area contributed by atoms with Gasteiger partial charge in [0.15, 0.2) is 0 Å². The maximum atomic E-state index is 9.84. The topological polar surface area (TPSA) is 66.5 Å². The molecule has 0 spiro atoms. The SMILES string of the molecule is C=CC(=O)OC.COc1ccc(C(OCCN2CCCC2C)(c2ccc(OC)cc2)c2ccc(OC)cc2)cc1. The highest BCUT2D eigenvalue weighted by Gasteiger charge is 2.38. The molecule has 0 N–H and O–H groups in total. The van der Waals surface area contributed by atoms with Crippen molar-refractivity contribution in [2.45, 2.75) is 31.4 Å². The van der Waals surface area contributed by atoms with Crippen LogP contribution >= 0.6 is 0 Å². The van der Waals surface area contributed by atoms with Gasteiger partial charge in [-0.25, -0.2) is 4.79 Å². The number of rotatable bonds is 11. The van der Waals surface area contributed by atoms with Crippen molar-refractivity contribution in [1.82, 2.24) is 4.90 Å². The number of nitrogens with zero attached hydrogens (tertiary/aromatic N) is 1. The van der Waals surface area contributed by atoms with Gasteiger partial charge in [-0.3, -0.25) is 4.90 Å². The van der Waals surface area contributed by atoms with E-state index >= 15 is 0 Å². The molecular formula is C33H41NO6. The number of hydrogen-bond acceptors (Lipinski definition) is 7. The first-order chi connectivity index (χ1) is 19.4. The molecule has 1 fully saturated rings. The molecular weight excluding hydrogens is 506 g/mol. The van der Waals surface area contributed by atoms with E-state index in [1.54, 1.807) is 21.3 Å². The molecule has 1 saturated heterocycles. The monoisotopic (exact) mass is 547 g/mol. The van der Waals surface area contributed by atoms with Gasteiger partial charge in [0, 0.05) is 18.7 Å². The van der Waals surface area contributed by atoms with Crippen LogP contribution in [0.1, 0.15) is 36.5 Å². The summed E-state index contributed by atoms with van der Waals surface area (Å²) in [4.78, 5) is 12.4. The maximum absolute atomic E-state index is 9.84. The van der Waals surface area contributed by atoms with Crippen LogP contribution in [-0.4, -0.2) is 65.0 Å². The minimum atomic E-state index is -0.798. The third-order valence-corrected chi connectivity index (χ3v) is 7.25. The molecule has 1 unspecified atom stereocenters. The Labute approximate surface area is 238 Å². The van der Waals surface area contributed by atoms with Crippen LogP contribution in [0.5, 0.6) is 17.2 Å². The van der Waals surface area contributed by atoms with Gasteiger partial charge < -0.3 is 23.7 Å². The Kier molecular flexibility index (Phi) is 11.6. The molecule has 0 aromatic heterocycles. The number of ether oxygens (including phenoxy) is 5. The number of carbonyl (C=O) groups is 1. The highest BCUT2D eigenvalue weighted by atomic mass is 16.5. The van der Waals surface area contributed by atoms with Gasteiger partial charge in [-0.05, 0) is 79.4 Å². The van der Waals surface area contributed by atoms with E-state index in [0.29, 0.717) is 12.6 Å². The van der Waals surface area contributed by atoms with Gasteiger partial charge in [0.25, 0.3) is 0 Å². The Morgan fingerprint density at radius 3 is 1.52 bits per heavy atom. The van der Waals surface area contributed by atoms with Crippen LogP contribution in [0.15, 0.2) is 85.5 Å². The van der Waals surface area contributed by atoms with Crippen LogP contribution in [0.4, 0.5) is 0 Å². The molecule has 1 atom stereocenters. The molecule has 3 aromatic rings. The lowest BCUT2D eigenvalue weighted by Gasteiger charge is -2.37. The second-order valence-corrected chi connectivity index (χ2v) is 9.47. The molecule has 0 saturated carbocycles. The fourth-order valence-electron chi connectivity index (χ4n) is 4.95. The zero-order valence-corrected chi connectivity index (χ0v) is 24.2. The first-order valence-corrected chi connectivity index (χ1v) is 13.4. The van der Waals surface area contributed by atoms with Crippen LogP contribution in [0.3, 0.4) is 0 Å². The summed E-state index contributed by atoms with van der Waals surface area (Å²) in [5.41, 5.74) is 2.32. The number of methoxy groups -OCH3 is 4. The fraction of sp³-hybridized carbons (Fsp3) is 0.364. The van der Waals surface area contributed by atoms with Crippen LogP contribution in [0, 0.1) is 0 Å². The third kappa shape index (κ3) is 7.43. The molecule has 7 heteroatoms. The second kappa shape index (κ2) is 15.1. The molecule has 1 aliphatic rings. The highest BCUT2D eigenvalue weighted by molar-refractivity contribution is 5.80. The number of benzene rings is 3. The number of carbonyl (C=O) groups excluding carboxylic acids is 1. The molecule has 4 rings (SSSR count). The molecule has 7 nitrogen and oxygen atoms in total. The van der Waals surface area contributed by atoms with E-state index in [9.17, 15) is 4.79 Å². The van der Waals surface area contributed by atoms with Crippen molar-refractivity contribution in [1.29, 1.82) is 0 Å². The minimum Gasteiger partial charge on any atom is -0.497 e. The van der Waals surface area contributed by atoms with E-state index in [1.807, 2.05) is 36.4 Å². The first-order valence-electron chi connectivity index (χ1n) is 13.4. The standard InChI is InChI=1S/C29H35NO4.C4H6O2/c1-22-6-5-19-30(22)20-21-34-29(23-7-13-26(31-2)14-8-23,24-9-15-27(32-3)16-10-24)25-11-17-28(33-4)18-12-25;1-3-4(5)6-2/h7-18,22H,5-6,19-21H2,1-4H3;3H,1H2,2H3. The quantitative estimate of drug-likeness (QED) is 0.169. The summed E-state index contributed by atoms with van der Waals surface area (Å²) in [6.45, 7) is 8.09. The fourth-order valence-corrected chi connectivity index (χ4v) is 4.95. The Hall–Kier alpha value is -3.81. The van der Waals surface area contributed by atoms with Crippen molar-refractivity contribution >= 4 is 5.97 Å². The van der Waals surface area contributed by atoms with Crippen molar-refractivity contribution in [3.8, 4) is 17.2 Å². The summed E-state index contributed by atoms with van der Waals surface area (Å²) in [6, 6.07) is 25.1. The van der Waals surface area contributed by atoms with Crippen LogP contribution < -0.4 is 14.2 Å². The molecule has 0 aliphatic carbocycles. The Balaban J connectivity index is 0.000000663. The molecule has 1 aliphatic heterocycles. The van der Waals surface area contributed by atoms with Crippen LogP contribution in [0.25, 0.3) is 0 Å². The summed E-state index contributed by atoms with van der Waals surface area (Å²) in [7, 11) is 6.36. The van der Waals surface area contributed by atoms with Gasteiger partial charge in [-0.2, -0.15) is 0 Å². The second-order valence-electron chi connectivity index (χ2n) is 9.47. The molecule has 3 aromatic carbocycles. The Bertz CT molecular complexity index is 1080. The van der Waals surface area contributed by atoms with E-state index in [1.165, 1.54) is 20.0 Å². The lowest BCUT2D eigenvalue weighted by Crippen LogP contribution is -2.37. The van der Waals surface area contributed by atoms with E-state index in [-0.39, 0.29) is 0 Å². The van der Waals surface area contributed by atoms with Gasteiger partial charge in [-0.1, -0.05) is 43.0 Å². The highest BCUT2D eigenvalue weighted by Crippen LogP contribution is 2.42. The van der Waals surface area contributed by atoms with Crippen molar-refractivity contribution in [2.24, 2.45) is 0 Å². The number of esters is 1. The predicted octanol–water partition coefficient (Wildman–Crippen LogP) is 5.85. The van der Waals surface area contributed by atoms with Crippen LogP contribution in [-0.2, 0) is 19.9 Å². The number of likely N-dealkylation sites (tertiary alicyclic amines) is 1. The van der Waals surface area contributed by atoms with Crippen molar-refractivity contribution in [3.63, 3.8) is 0 Å². The zero-order chi connectivity index (χ0) is 29.0. The minimum absolute atomic E-state index is 0.394. The van der Waals surface area contributed by atoms with Crippen molar-refractivity contribution in [3.05, 3.63) is 102 Å². The summed E-state index contributed by atoms with van der Waals surface area (Å²) < 4.78 is 27.4. The van der Waals surface area contributed by atoms with Crippen molar-refractivity contribution < 1.29 is 28.5 Å². The zero-order valence-electron chi connectivity index (χ0n) is 24.2. The summed E-state index contributed by atoms with van der Waals surface area (Å²) in [5, 5.41) is 0. The van der Waals surface area contributed by atoms with Crippen molar-refractivity contribution in [2.75, 3.05) is 48.1 Å². The van der Waals surface area contributed by atoms with E-state index in [0.717, 1.165) is 53.1 Å². The normalized spacial score (nSPS) is 15.0. The Morgan fingerprint density at radius 1 is 0.825 bits per heavy atom. The molecule has 0 amide bonds. The number of hydrogen-bond donors (Lipinski definition) is 0. The van der Waals surface area contributed by atoms with E-state index in [2.05, 4.69) is 59.5 Å². The lowest BCUT2D eigenvalue weighted by molar-refractivity contribution is -0.134. The molecule has 40 heavy (non-hydrogen) atoms. The third-order valence-electron chi connectivity index (χ3n) is 7.25. The molecule has 0 radical (unpaired) electrons. The first kappa shape index (κ1) is 30.7. The van der Waals surface area contributed by atoms with Gasteiger partial charge >= 0.3 is 5.97 Å². The van der Waals surface area contributed by atoms with E-state index < -0.39 is 11.6 Å². The summed E-state index contributed by atoms with van der Waals surface area (Å²) >= 11 is 0. The largest absolute Gasteiger partial charge is 0.497 e. The lowest BCUT2D eigenvalue weighted by atomic mass is 9.80. The summed E-state index contributed by atoms with van der Waals surface area (Å²) in [6.07, 6.45) is 3.61. The Morgan fingerprint density at radius 2 is 1.25 bits per heavy atom. The van der Waals surface area contributed by atoms with E-state index in [4.69, 9.17) is 18.9 Å². The predicted molar refractivity (Wildman–Crippen MR) is 157 cm³/mol. The smallest absolute Gasteiger partial charge is 0.329 e. The average Bonchev–Trinajstić information content (AvgIpc) is 3.43. The molecule has 214 valence electrons. The maximum Gasteiger partial charge on any atom is 0.329 e. The average molecular weight is 548 g/mol. The molecule has 1 heterocycles. The van der Waals surface area contributed by atoms with Gasteiger partial charge in [0.1, 0.15) is 22.8 Å². The van der Waals surface area contributed by atoms with Crippen LogP contribution in [0.2, 0.25) is 0 Å². The van der Waals surface area contributed by atoms with Gasteiger partial charge in [0.2, 0.25) is 0 Å². The summed E-state index contributed by atoms with van der Waals surface area (Å²) in [5.74, 6) is 2.05.